The van der Waals surface area contributed by atoms with E-state index in [1.54, 1.807) is 0 Å². The minimum Gasteiger partial charge on any atom is -0.481 e. The number of hydrogen-bond acceptors (Lipinski definition) is 2. The standard InChI is InChI=1S/C18H24N2O3/c21-17(22)14-8-10-15(11-9-14)19-18(23)20-16(13-6-7-13)12-4-2-1-3-5-12/h1-5,13-16H,6-11H2,(H,21,22)(H2,19,20,23). The lowest BCUT2D eigenvalue weighted by atomic mass is 9.86. The van der Waals surface area contributed by atoms with Gasteiger partial charge in [-0.1, -0.05) is 30.3 Å². The van der Waals surface area contributed by atoms with Crippen molar-refractivity contribution in [1.29, 1.82) is 0 Å². The molecule has 3 N–H and O–H groups in total. The molecule has 2 saturated carbocycles. The molecule has 23 heavy (non-hydrogen) atoms. The molecule has 0 aromatic heterocycles. The van der Waals surface area contributed by atoms with Gasteiger partial charge in [0.25, 0.3) is 0 Å². The highest BCUT2D eigenvalue weighted by Gasteiger charge is 2.34. The highest BCUT2D eigenvalue weighted by molar-refractivity contribution is 5.75. The highest BCUT2D eigenvalue weighted by atomic mass is 16.4. The molecule has 0 aliphatic heterocycles. The number of aliphatic carboxylic acids is 1. The molecule has 1 unspecified atom stereocenters. The molecule has 0 spiro atoms. The van der Waals surface area contributed by atoms with Crippen molar-refractivity contribution in [2.45, 2.75) is 50.6 Å². The molecule has 2 fully saturated rings. The molecule has 3 rings (SSSR count). The Morgan fingerprint density at radius 3 is 2.22 bits per heavy atom. The van der Waals surface area contributed by atoms with Crippen LogP contribution in [0.1, 0.15) is 50.1 Å². The van der Waals surface area contributed by atoms with Gasteiger partial charge in [-0.3, -0.25) is 4.79 Å². The van der Waals surface area contributed by atoms with E-state index < -0.39 is 5.97 Å². The van der Waals surface area contributed by atoms with E-state index in [2.05, 4.69) is 22.8 Å². The third kappa shape index (κ3) is 4.24. The monoisotopic (exact) mass is 316 g/mol. The van der Waals surface area contributed by atoms with Gasteiger partial charge in [0.15, 0.2) is 0 Å². The van der Waals surface area contributed by atoms with Crippen LogP contribution >= 0.6 is 0 Å². The van der Waals surface area contributed by atoms with E-state index in [-0.39, 0.29) is 24.0 Å². The minimum atomic E-state index is -0.717. The second kappa shape index (κ2) is 7.02. The Morgan fingerprint density at radius 2 is 1.65 bits per heavy atom. The molecule has 0 radical (unpaired) electrons. The molecule has 1 aromatic carbocycles. The van der Waals surface area contributed by atoms with E-state index >= 15 is 0 Å². The van der Waals surface area contributed by atoms with Crippen LogP contribution in [0.3, 0.4) is 0 Å². The Balaban J connectivity index is 1.51. The van der Waals surface area contributed by atoms with Crippen molar-refractivity contribution in [3.8, 4) is 0 Å². The fourth-order valence-corrected chi connectivity index (χ4v) is 3.42. The van der Waals surface area contributed by atoms with Crippen molar-refractivity contribution in [2.24, 2.45) is 11.8 Å². The highest BCUT2D eigenvalue weighted by Crippen LogP contribution is 2.40. The Kier molecular flexibility index (Phi) is 4.84. The Morgan fingerprint density at radius 1 is 1.00 bits per heavy atom. The number of carboxylic acids is 1. The summed E-state index contributed by atoms with van der Waals surface area (Å²) in [6, 6.07) is 10.1. The summed E-state index contributed by atoms with van der Waals surface area (Å²) in [6.07, 6.45) is 5.08. The van der Waals surface area contributed by atoms with Crippen LogP contribution in [0.5, 0.6) is 0 Å². The van der Waals surface area contributed by atoms with Gasteiger partial charge >= 0.3 is 12.0 Å². The maximum atomic E-state index is 12.3. The van der Waals surface area contributed by atoms with Crippen LogP contribution in [0.4, 0.5) is 4.79 Å². The number of carbonyl (C=O) groups excluding carboxylic acids is 1. The zero-order valence-corrected chi connectivity index (χ0v) is 13.2. The fourth-order valence-electron chi connectivity index (χ4n) is 3.42. The van der Waals surface area contributed by atoms with Crippen molar-refractivity contribution < 1.29 is 14.7 Å². The van der Waals surface area contributed by atoms with Crippen molar-refractivity contribution in [3.05, 3.63) is 35.9 Å². The number of rotatable bonds is 5. The smallest absolute Gasteiger partial charge is 0.315 e. The first-order valence-electron chi connectivity index (χ1n) is 8.48. The summed E-state index contributed by atoms with van der Waals surface area (Å²) in [4.78, 5) is 23.3. The van der Waals surface area contributed by atoms with Gasteiger partial charge in [-0.2, -0.15) is 0 Å². The summed E-state index contributed by atoms with van der Waals surface area (Å²) >= 11 is 0. The minimum absolute atomic E-state index is 0.0755. The predicted molar refractivity (Wildman–Crippen MR) is 87.0 cm³/mol. The van der Waals surface area contributed by atoms with Crippen LogP contribution in [-0.2, 0) is 4.79 Å². The molecule has 0 heterocycles. The van der Waals surface area contributed by atoms with Crippen molar-refractivity contribution in [2.75, 3.05) is 0 Å². The fraction of sp³-hybridized carbons (Fsp3) is 0.556. The number of benzene rings is 1. The molecule has 1 atom stereocenters. The summed E-state index contributed by atoms with van der Waals surface area (Å²) in [5.41, 5.74) is 1.15. The molecule has 124 valence electrons. The third-order valence-electron chi connectivity index (χ3n) is 4.95. The van der Waals surface area contributed by atoms with Crippen molar-refractivity contribution in [1.82, 2.24) is 10.6 Å². The number of hydrogen-bond donors (Lipinski definition) is 3. The van der Waals surface area contributed by atoms with E-state index in [0.29, 0.717) is 18.8 Å². The molecule has 0 bridgehead atoms. The second-order valence-corrected chi connectivity index (χ2v) is 6.73. The second-order valence-electron chi connectivity index (χ2n) is 6.73. The van der Waals surface area contributed by atoms with Crippen molar-refractivity contribution in [3.63, 3.8) is 0 Å². The van der Waals surface area contributed by atoms with Crippen LogP contribution in [0.25, 0.3) is 0 Å². The molecule has 0 saturated heterocycles. The van der Waals surface area contributed by atoms with Crippen LogP contribution in [0.15, 0.2) is 30.3 Å². The number of carboxylic acid groups (broad SMARTS) is 1. The van der Waals surface area contributed by atoms with Gasteiger partial charge in [-0.05, 0) is 50.0 Å². The van der Waals surface area contributed by atoms with Crippen LogP contribution in [-0.4, -0.2) is 23.1 Å². The lowest BCUT2D eigenvalue weighted by Gasteiger charge is -2.28. The van der Waals surface area contributed by atoms with Gasteiger partial charge in [-0.15, -0.1) is 0 Å². The van der Waals surface area contributed by atoms with E-state index in [9.17, 15) is 9.59 Å². The average molecular weight is 316 g/mol. The molecule has 5 heteroatoms. The summed E-state index contributed by atoms with van der Waals surface area (Å²) in [6.45, 7) is 0. The third-order valence-corrected chi connectivity index (χ3v) is 4.95. The van der Waals surface area contributed by atoms with Crippen molar-refractivity contribution >= 4 is 12.0 Å². The number of carbonyl (C=O) groups is 2. The van der Waals surface area contributed by atoms with Gasteiger partial charge in [0.1, 0.15) is 0 Å². The average Bonchev–Trinajstić information content (AvgIpc) is 3.39. The Labute approximate surface area is 136 Å². The number of amides is 2. The van der Waals surface area contributed by atoms with Crippen LogP contribution in [0.2, 0.25) is 0 Å². The summed E-state index contributed by atoms with van der Waals surface area (Å²) < 4.78 is 0. The lowest BCUT2D eigenvalue weighted by Crippen LogP contribution is -2.45. The molecule has 2 aliphatic rings. The molecule has 2 amide bonds. The van der Waals surface area contributed by atoms with E-state index in [0.717, 1.165) is 31.2 Å². The predicted octanol–water partition coefficient (Wildman–Crippen LogP) is 3.08. The van der Waals surface area contributed by atoms with Crippen LogP contribution < -0.4 is 10.6 Å². The molecule has 2 aliphatic carbocycles. The van der Waals surface area contributed by atoms with Gasteiger partial charge in [-0.25, -0.2) is 4.79 Å². The molecule has 5 nitrogen and oxygen atoms in total. The Bertz CT molecular complexity index is 549. The maximum Gasteiger partial charge on any atom is 0.315 e. The van der Waals surface area contributed by atoms with Gasteiger partial charge in [0.05, 0.1) is 12.0 Å². The van der Waals surface area contributed by atoms with Crippen LogP contribution in [0, 0.1) is 11.8 Å². The zero-order valence-electron chi connectivity index (χ0n) is 13.2. The van der Waals surface area contributed by atoms with Gasteiger partial charge in [0.2, 0.25) is 0 Å². The Hall–Kier alpha value is -2.04. The number of urea groups is 1. The number of nitrogens with one attached hydrogen (secondary N) is 2. The summed E-state index contributed by atoms with van der Waals surface area (Å²) in [5, 5.41) is 15.1. The van der Waals surface area contributed by atoms with E-state index in [1.165, 1.54) is 0 Å². The van der Waals surface area contributed by atoms with Gasteiger partial charge < -0.3 is 15.7 Å². The molecular weight excluding hydrogens is 292 g/mol. The first-order chi connectivity index (χ1) is 11.1. The summed E-state index contributed by atoms with van der Waals surface area (Å²) in [5.74, 6) is -0.434. The van der Waals surface area contributed by atoms with E-state index in [1.807, 2.05) is 18.2 Å². The zero-order chi connectivity index (χ0) is 16.2. The first-order valence-corrected chi connectivity index (χ1v) is 8.48. The topological polar surface area (TPSA) is 78.4 Å². The largest absolute Gasteiger partial charge is 0.481 e. The quantitative estimate of drug-likeness (QED) is 0.781. The van der Waals surface area contributed by atoms with Gasteiger partial charge in [0, 0.05) is 6.04 Å². The normalized spacial score (nSPS) is 25.4. The SMILES string of the molecule is O=C(NC1CCC(C(=O)O)CC1)NC(c1ccccc1)C1CC1. The lowest BCUT2D eigenvalue weighted by molar-refractivity contribution is -0.142. The van der Waals surface area contributed by atoms with E-state index in [4.69, 9.17) is 5.11 Å². The molecular formula is C18H24N2O3. The first kappa shape index (κ1) is 15.8. The molecule has 1 aromatic rings. The maximum absolute atomic E-state index is 12.3. The summed E-state index contributed by atoms with van der Waals surface area (Å²) in [7, 11) is 0.